The summed E-state index contributed by atoms with van der Waals surface area (Å²) in [5.74, 6) is -0.485. The molecule has 1 aromatic heterocycles. The fraction of sp³-hybridized carbons (Fsp3) is 0.538. The molecule has 0 aromatic carbocycles. The summed E-state index contributed by atoms with van der Waals surface area (Å²) in [5.41, 5.74) is -1.03. The van der Waals surface area contributed by atoms with Crippen molar-refractivity contribution in [2.24, 2.45) is 0 Å². The number of anilines is 1. The molecule has 1 rings (SSSR count). The van der Waals surface area contributed by atoms with Gasteiger partial charge in [-0.3, -0.25) is 15.5 Å². The van der Waals surface area contributed by atoms with Crippen LogP contribution in [0.5, 0.6) is 0 Å². The van der Waals surface area contributed by atoms with E-state index in [1.54, 1.807) is 27.7 Å². The summed E-state index contributed by atoms with van der Waals surface area (Å²) in [6.07, 6.45) is 2.29. The van der Waals surface area contributed by atoms with Gasteiger partial charge >= 0.3 is 11.7 Å². The van der Waals surface area contributed by atoms with Crippen LogP contribution >= 0.6 is 0 Å². The Morgan fingerprint density at radius 1 is 1.45 bits per heavy atom. The SMILES string of the molecule is C[C@@H](CC(=N)C(=O)OC(C)(C)C)Nc1ncc([N+](=O)[O-])cn1. The molecule has 1 heterocycles. The van der Waals surface area contributed by atoms with E-state index in [4.69, 9.17) is 10.1 Å². The molecule has 0 bridgehead atoms. The molecule has 0 saturated carbocycles. The van der Waals surface area contributed by atoms with Crippen molar-refractivity contribution in [1.82, 2.24) is 9.97 Å². The van der Waals surface area contributed by atoms with Crippen molar-refractivity contribution in [2.75, 3.05) is 5.32 Å². The summed E-state index contributed by atoms with van der Waals surface area (Å²) in [4.78, 5) is 29.2. The molecule has 0 unspecified atom stereocenters. The number of nitro groups is 1. The highest BCUT2D eigenvalue weighted by molar-refractivity contribution is 6.35. The maximum Gasteiger partial charge on any atom is 0.352 e. The average Bonchev–Trinajstić information content (AvgIpc) is 2.37. The van der Waals surface area contributed by atoms with Gasteiger partial charge in [-0.2, -0.15) is 0 Å². The molecule has 0 spiro atoms. The van der Waals surface area contributed by atoms with Crippen LogP contribution in [0, 0.1) is 15.5 Å². The first-order chi connectivity index (χ1) is 10.1. The van der Waals surface area contributed by atoms with Gasteiger partial charge in [0.1, 0.15) is 23.7 Å². The van der Waals surface area contributed by atoms with Crippen molar-refractivity contribution < 1.29 is 14.5 Å². The first-order valence-electron chi connectivity index (χ1n) is 6.62. The minimum absolute atomic E-state index is 0.120. The average molecular weight is 309 g/mol. The number of rotatable bonds is 6. The Hall–Kier alpha value is -2.58. The number of esters is 1. The molecule has 0 saturated heterocycles. The second-order valence-electron chi connectivity index (χ2n) is 5.75. The standard InChI is InChI=1S/C13H19N5O4/c1-8(5-10(14)11(19)22-13(2,3)4)17-12-15-6-9(7-16-12)18(20)21/h6-8,14H,5H2,1-4H3,(H,15,16,17)/t8-/m0/s1. The van der Waals surface area contributed by atoms with Gasteiger partial charge in [0.05, 0.1) is 4.92 Å². The van der Waals surface area contributed by atoms with E-state index in [0.29, 0.717) is 0 Å². The van der Waals surface area contributed by atoms with Crippen LogP contribution < -0.4 is 5.32 Å². The van der Waals surface area contributed by atoms with Crippen molar-refractivity contribution in [1.29, 1.82) is 5.41 Å². The van der Waals surface area contributed by atoms with Crippen LogP contribution in [0.4, 0.5) is 11.6 Å². The van der Waals surface area contributed by atoms with Gasteiger partial charge in [0.25, 0.3) is 0 Å². The van der Waals surface area contributed by atoms with Gasteiger partial charge in [-0.05, 0) is 27.7 Å². The number of aromatic nitrogens is 2. The lowest BCUT2D eigenvalue weighted by Gasteiger charge is -2.20. The molecule has 120 valence electrons. The molecule has 9 heteroatoms. The summed E-state index contributed by atoms with van der Waals surface area (Å²) in [6, 6.07) is -0.304. The third-order valence-corrected chi connectivity index (χ3v) is 2.38. The Morgan fingerprint density at radius 2 is 2.00 bits per heavy atom. The first kappa shape index (κ1) is 17.5. The van der Waals surface area contributed by atoms with Crippen molar-refractivity contribution in [3.8, 4) is 0 Å². The molecule has 0 aliphatic rings. The van der Waals surface area contributed by atoms with Gasteiger partial charge in [-0.25, -0.2) is 14.8 Å². The monoisotopic (exact) mass is 309 g/mol. The van der Waals surface area contributed by atoms with Crippen molar-refractivity contribution >= 4 is 23.3 Å². The van der Waals surface area contributed by atoms with E-state index in [1.165, 1.54) is 0 Å². The molecule has 1 aromatic rings. The summed E-state index contributed by atoms with van der Waals surface area (Å²) >= 11 is 0. The molecule has 0 aliphatic heterocycles. The zero-order valence-electron chi connectivity index (χ0n) is 12.9. The molecule has 22 heavy (non-hydrogen) atoms. The van der Waals surface area contributed by atoms with Crippen LogP contribution in [0.1, 0.15) is 34.1 Å². The number of hydrogen-bond donors (Lipinski definition) is 2. The normalized spacial score (nSPS) is 12.4. The molecular weight excluding hydrogens is 290 g/mol. The van der Waals surface area contributed by atoms with Gasteiger partial charge in [-0.1, -0.05) is 0 Å². The first-order valence-corrected chi connectivity index (χ1v) is 6.62. The zero-order chi connectivity index (χ0) is 16.9. The van der Waals surface area contributed by atoms with E-state index in [-0.39, 0.29) is 29.8 Å². The largest absolute Gasteiger partial charge is 0.456 e. The van der Waals surface area contributed by atoms with Gasteiger partial charge in [0, 0.05) is 12.5 Å². The maximum absolute atomic E-state index is 11.7. The van der Waals surface area contributed by atoms with Crippen LogP contribution in [0.2, 0.25) is 0 Å². The van der Waals surface area contributed by atoms with E-state index in [2.05, 4.69) is 15.3 Å². The van der Waals surface area contributed by atoms with Crippen molar-refractivity contribution in [2.45, 2.75) is 45.8 Å². The Labute approximate surface area is 127 Å². The molecule has 0 amide bonds. The van der Waals surface area contributed by atoms with Crippen LogP contribution in [0.3, 0.4) is 0 Å². The minimum Gasteiger partial charge on any atom is -0.456 e. The number of nitrogens with zero attached hydrogens (tertiary/aromatic N) is 3. The number of nitrogens with one attached hydrogen (secondary N) is 2. The lowest BCUT2D eigenvalue weighted by molar-refractivity contribution is -0.385. The van der Waals surface area contributed by atoms with E-state index < -0.39 is 16.5 Å². The van der Waals surface area contributed by atoms with Gasteiger partial charge in [0.15, 0.2) is 0 Å². The quantitative estimate of drug-likeness (QED) is 0.355. The summed E-state index contributed by atoms with van der Waals surface area (Å²) in [6.45, 7) is 6.92. The Bertz CT molecular complexity index is 565. The third-order valence-electron chi connectivity index (χ3n) is 2.38. The Balaban J connectivity index is 2.55. The lowest BCUT2D eigenvalue weighted by Crippen LogP contribution is -2.31. The Morgan fingerprint density at radius 3 is 2.45 bits per heavy atom. The van der Waals surface area contributed by atoms with Gasteiger partial charge in [-0.15, -0.1) is 0 Å². The second-order valence-corrected chi connectivity index (χ2v) is 5.75. The topological polar surface area (TPSA) is 131 Å². The number of hydrogen-bond acceptors (Lipinski definition) is 8. The summed E-state index contributed by atoms with van der Waals surface area (Å²) < 4.78 is 5.10. The van der Waals surface area contributed by atoms with Crippen LogP contribution in [-0.4, -0.2) is 38.2 Å². The summed E-state index contributed by atoms with van der Waals surface area (Å²) in [5, 5.41) is 21.1. The number of carbonyl (C=O) groups is 1. The molecule has 0 radical (unpaired) electrons. The molecule has 9 nitrogen and oxygen atoms in total. The second kappa shape index (κ2) is 6.92. The van der Waals surface area contributed by atoms with Crippen LogP contribution in [0.15, 0.2) is 12.4 Å². The lowest BCUT2D eigenvalue weighted by atomic mass is 10.1. The highest BCUT2D eigenvalue weighted by Gasteiger charge is 2.21. The van der Waals surface area contributed by atoms with E-state index in [9.17, 15) is 14.9 Å². The van der Waals surface area contributed by atoms with Gasteiger partial charge in [0.2, 0.25) is 5.95 Å². The molecule has 0 aliphatic carbocycles. The van der Waals surface area contributed by atoms with E-state index in [1.807, 2.05) is 0 Å². The highest BCUT2D eigenvalue weighted by atomic mass is 16.6. The predicted octanol–water partition coefficient (Wildman–Crippen LogP) is 1.94. The number of carbonyl (C=O) groups excluding carboxylic acids is 1. The maximum atomic E-state index is 11.7. The fourth-order valence-corrected chi connectivity index (χ4v) is 1.49. The smallest absolute Gasteiger partial charge is 0.352 e. The minimum atomic E-state index is -0.675. The Kier molecular flexibility index (Phi) is 5.50. The highest BCUT2D eigenvalue weighted by Crippen LogP contribution is 2.11. The molecule has 0 fully saturated rings. The van der Waals surface area contributed by atoms with Crippen molar-refractivity contribution in [3.05, 3.63) is 22.5 Å². The molecule has 1 atom stereocenters. The third kappa shape index (κ3) is 5.81. The van der Waals surface area contributed by atoms with E-state index in [0.717, 1.165) is 12.4 Å². The van der Waals surface area contributed by atoms with E-state index >= 15 is 0 Å². The zero-order valence-corrected chi connectivity index (χ0v) is 12.9. The van der Waals surface area contributed by atoms with Crippen LogP contribution in [0.25, 0.3) is 0 Å². The fourth-order valence-electron chi connectivity index (χ4n) is 1.49. The molecular formula is C13H19N5O4. The number of ether oxygens (including phenoxy) is 1. The predicted molar refractivity (Wildman–Crippen MR) is 80.0 cm³/mol. The van der Waals surface area contributed by atoms with Crippen LogP contribution in [-0.2, 0) is 9.53 Å². The van der Waals surface area contributed by atoms with Crippen molar-refractivity contribution in [3.63, 3.8) is 0 Å². The molecule has 2 N–H and O–H groups in total. The summed E-state index contributed by atoms with van der Waals surface area (Å²) in [7, 11) is 0. The van der Waals surface area contributed by atoms with Gasteiger partial charge < -0.3 is 10.1 Å².